The molecule has 0 radical (unpaired) electrons. The fourth-order valence-electron chi connectivity index (χ4n) is 3.66. The average Bonchev–Trinajstić information content (AvgIpc) is 3.15. The second kappa shape index (κ2) is 7.08. The van der Waals surface area contributed by atoms with E-state index in [9.17, 15) is 0 Å². The van der Waals surface area contributed by atoms with E-state index < -0.39 is 0 Å². The smallest absolute Gasteiger partial charge is 0.0108 e. The summed E-state index contributed by atoms with van der Waals surface area (Å²) in [7, 11) is 0. The maximum atomic E-state index is 3.74. The maximum Gasteiger partial charge on any atom is 0.0108 e. The third-order valence-corrected chi connectivity index (χ3v) is 5.10. The SMILES string of the molecule is CCNC1CCC(C)CC1CN(CC1CC1)C(C)C. The average molecular weight is 266 g/mol. The van der Waals surface area contributed by atoms with Crippen molar-refractivity contribution in [2.45, 2.75) is 71.9 Å². The summed E-state index contributed by atoms with van der Waals surface area (Å²) < 4.78 is 0. The van der Waals surface area contributed by atoms with E-state index in [0.29, 0.717) is 6.04 Å². The van der Waals surface area contributed by atoms with E-state index >= 15 is 0 Å². The largest absolute Gasteiger partial charge is 0.314 e. The topological polar surface area (TPSA) is 15.3 Å². The number of rotatable bonds is 7. The zero-order valence-corrected chi connectivity index (χ0v) is 13.5. The van der Waals surface area contributed by atoms with Crippen LogP contribution in [0.5, 0.6) is 0 Å². The third-order valence-electron chi connectivity index (χ3n) is 5.10. The highest BCUT2D eigenvalue weighted by Gasteiger charge is 2.32. The lowest BCUT2D eigenvalue weighted by molar-refractivity contribution is 0.120. The van der Waals surface area contributed by atoms with Crippen LogP contribution >= 0.6 is 0 Å². The molecule has 0 amide bonds. The van der Waals surface area contributed by atoms with E-state index in [1.165, 1.54) is 45.2 Å². The first-order valence-electron chi connectivity index (χ1n) is 8.57. The highest BCUT2D eigenvalue weighted by atomic mass is 15.2. The van der Waals surface area contributed by atoms with Gasteiger partial charge < -0.3 is 10.2 Å². The van der Waals surface area contributed by atoms with E-state index in [1.807, 2.05) is 0 Å². The molecule has 3 unspecified atom stereocenters. The minimum absolute atomic E-state index is 0.708. The van der Waals surface area contributed by atoms with Gasteiger partial charge in [0, 0.05) is 25.2 Å². The first-order chi connectivity index (χ1) is 9.10. The van der Waals surface area contributed by atoms with Crippen molar-refractivity contribution < 1.29 is 0 Å². The molecule has 0 spiro atoms. The van der Waals surface area contributed by atoms with Crippen molar-refractivity contribution >= 4 is 0 Å². The van der Waals surface area contributed by atoms with Gasteiger partial charge >= 0.3 is 0 Å². The lowest BCUT2D eigenvalue weighted by Crippen LogP contribution is -2.47. The Balaban J connectivity index is 1.90. The minimum Gasteiger partial charge on any atom is -0.314 e. The Kier molecular flexibility index (Phi) is 5.70. The molecule has 0 heterocycles. The van der Waals surface area contributed by atoms with Gasteiger partial charge in [-0.15, -0.1) is 0 Å². The van der Waals surface area contributed by atoms with Crippen LogP contribution in [-0.2, 0) is 0 Å². The summed E-state index contributed by atoms with van der Waals surface area (Å²) in [5.41, 5.74) is 0. The Morgan fingerprint density at radius 3 is 2.42 bits per heavy atom. The van der Waals surface area contributed by atoms with Crippen LogP contribution in [-0.4, -0.2) is 36.6 Å². The van der Waals surface area contributed by atoms with Crippen molar-refractivity contribution in [1.29, 1.82) is 0 Å². The van der Waals surface area contributed by atoms with Gasteiger partial charge in [-0.2, -0.15) is 0 Å². The molecule has 19 heavy (non-hydrogen) atoms. The predicted octanol–water partition coefficient (Wildman–Crippen LogP) is 3.52. The highest BCUT2D eigenvalue weighted by molar-refractivity contribution is 4.87. The van der Waals surface area contributed by atoms with Crippen LogP contribution in [0.25, 0.3) is 0 Å². The molecule has 0 aromatic rings. The molecule has 112 valence electrons. The van der Waals surface area contributed by atoms with Gasteiger partial charge in [-0.05, 0) is 70.3 Å². The molecule has 2 saturated carbocycles. The van der Waals surface area contributed by atoms with Crippen LogP contribution in [0.15, 0.2) is 0 Å². The Bertz CT molecular complexity index is 260. The van der Waals surface area contributed by atoms with Crippen LogP contribution < -0.4 is 5.32 Å². The van der Waals surface area contributed by atoms with Gasteiger partial charge in [0.15, 0.2) is 0 Å². The van der Waals surface area contributed by atoms with Crippen LogP contribution in [0.4, 0.5) is 0 Å². The molecular weight excluding hydrogens is 232 g/mol. The first-order valence-corrected chi connectivity index (χ1v) is 8.57. The summed E-state index contributed by atoms with van der Waals surface area (Å²) in [5, 5.41) is 3.74. The van der Waals surface area contributed by atoms with Crippen molar-refractivity contribution in [1.82, 2.24) is 10.2 Å². The minimum atomic E-state index is 0.708. The monoisotopic (exact) mass is 266 g/mol. The molecule has 2 fully saturated rings. The molecule has 0 aromatic heterocycles. The van der Waals surface area contributed by atoms with Crippen molar-refractivity contribution in [3.63, 3.8) is 0 Å². The Morgan fingerprint density at radius 2 is 1.84 bits per heavy atom. The molecule has 1 N–H and O–H groups in total. The standard InChI is InChI=1S/C17H34N2/c1-5-18-17-9-6-14(4)10-16(17)12-19(13(2)3)11-15-7-8-15/h13-18H,5-12H2,1-4H3. The molecule has 2 nitrogen and oxygen atoms in total. The van der Waals surface area contributed by atoms with E-state index in [-0.39, 0.29) is 0 Å². The van der Waals surface area contributed by atoms with Crippen molar-refractivity contribution in [3.8, 4) is 0 Å². The zero-order valence-electron chi connectivity index (χ0n) is 13.5. The molecule has 0 aliphatic heterocycles. The molecule has 0 aromatic carbocycles. The molecule has 2 rings (SSSR count). The fourth-order valence-corrected chi connectivity index (χ4v) is 3.66. The Morgan fingerprint density at radius 1 is 1.11 bits per heavy atom. The number of hydrogen-bond acceptors (Lipinski definition) is 2. The van der Waals surface area contributed by atoms with Gasteiger partial charge in [0.05, 0.1) is 0 Å². The Hall–Kier alpha value is -0.0800. The third kappa shape index (κ3) is 4.75. The second-order valence-electron chi connectivity index (χ2n) is 7.33. The van der Waals surface area contributed by atoms with E-state index in [0.717, 1.165) is 30.3 Å². The van der Waals surface area contributed by atoms with Gasteiger partial charge in [0.25, 0.3) is 0 Å². The number of hydrogen-bond donors (Lipinski definition) is 1. The molecule has 0 bridgehead atoms. The van der Waals surface area contributed by atoms with Gasteiger partial charge in [-0.1, -0.05) is 13.8 Å². The highest BCUT2D eigenvalue weighted by Crippen LogP contribution is 2.33. The van der Waals surface area contributed by atoms with Crippen LogP contribution in [0.1, 0.15) is 59.8 Å². The summed E-state index contributed by atoms with van der Waals surface area (Å²) in [4.78, 5) is 2.75. The van der Waals surface area contributed by atoms with Gasteiger partial charge in [0.2, 0.25) is 0 Å². The summed E-state index contributed by atoms with van der Waals surface area (Å²) >= 11 is 0. The van der Waals surface area contributed by atoms with E-state index in [2.05, 4.69) is 37.9 Å². The lowest BCUT2D eigenvalue weighted by Gasteiger charge is -2.39. The molecule has 2 aliphatic rings. The van der Waals surface area contributed by atoms with Crippen LogP contribution in [0.2, 0.25) is 0 Å². The first kappa shape index (κ1) is 15.3. The van der Waals surface area contributed by atoms with Crippen molar-refractivity contribution in [2.24, 2.45) is 17.8 Å². The lowest BCUT2D eigenvalue weighted by atomic mass is 9.78. The van der Waals surface area contributed by atoms with Crippen LogP contribution in [0, 0.1) is 17.8 Å². The molecule has 2 heteroatoms. The van der Waals surface area contributed by atoms with Gasteiger partial charge in [0.1, 0.15) is 0 Å². The molecular formula is C17H34N2. The Labute approximate surface area is 120 Å². The zero-order chi connectivity index (χ0) is 13.8. The summed E-state index contributed by atoms with van der Waals surface area (Å²) in [5.74, 6) is 2.81. The van der Waals surface area contributed by atoms with Gasteiger partial charge in [-0.25, -0.2) is 0 Å². The number of nitrogens with zero attached hydrogens (tertiary/aromatic N) is 1. The number of nitrogens with one attached hydrogen (secondary N) is 1. The molecule has 0 saturated heterocycles. The normalized spacial score (nSPS) is 32.2. The quantitative estimate of drug-likeness (QED) is 0.758. The molecule has 2 aliphatic carbocycles. The van der Waals surface area contributed by atoms with E-state index in [1.54, 1.807) is 0 Å². The fraction of sp³-hybridized carbons (Fsp3) is 1.00. The second-order valence-corrected chi connectivity index (χ2v) is 7.33. The van der Waals surface area contributed by atoms with Crippen molar-refractivity contribution in [2.75, 3.05) is 19.6 Å². The molecule has 3 atom stereocenters. The van der Waals surface area contributed by atoms with Gasteiger partial charge in [-0.3, -0.25) is 0 Å². The summed E-state index contributed by atoms with van der Waals surface area (Å²) in [6.45, 7) is 13.2. The summed E-state index contributed by atoms with van der Waals surface area (Å²) in [6.07, 6.45) is 7.17. The summed E-state index contributed by atoms with van der Waals surface area (Å²) in [6, 6.07) is 1.47. The van der Waals surface area contributed by atoms with Crippen LogP contribution in [0.3, 0.4) is 0 Å². The predicted molar refractivity (Wildman–Crippen MR) is 83.4 cm³/mol. The van der Waals surface area contributed by atoms with Crippen molar-refractivity contribution in [3.05, 3.63) is 0 Å². The maximum absolute atomic E-state index is 3.74. The van der Waals surface area contributed by atoms with E-state index in [4.69, 9.17) is 0 Å².